The molecule has 166 valence electrons. The average molecular weight is 438 g/mol. The van der Waals surface area contributed by atoms with Crippen LogP contribution in [0.5, 0.6) is 11.5 Å². The van der Waals surface area contributed by atoms with Gasteiger partial charge in [0.05, 0.1) is 30.5 Å². The second-order valence-corrected chi connectivity index (χ2v) is 8.69. The summed E-state index contributed by atoms with van der Waals surface area (Å²) in [6.07, 6.45) is 0. The summed E-state index contributed by atoms with van der Waals surface area (Å²) in [5.41, 5.74) is 6.23. The lowest BCUT2D eigenvalue weighted by Crippen LogP contribution is -2.21. The van der Waals surface area contributed by atoms with E-state index in [0.29, 0.717) is 13.2 Å². The quantitative estimate of drug-likeness (QED) is 0.343. The normalized spacial score (nSPS) is 15.1. The molecule has 4 nitrogen and oxygen atoms in total. The van der Waals surface area contributed by atoms with Crippen molar-refractivity contribution in [3.05, 3.63) is 102 Å². The Labute approximate surface area is 194 Å². The summed E-state index contributed by atoms with van der Waals surface area (Å²) in [5.74, 6) is 1.67. The minimum absolute atomic E-state index is 0.360. The van der Waals surface area contributed by atoms with Crippen LogP contribution in [-0.4, -0.2) is 24.3 Å². The largest absolute Gasteiger partial charge is 0.497 e. The summed E-state index contributed by atoms with van der Waals surface area (Å²) in [6.45, 7) is 5.25. The van der Waals surface area contributed by atoms with Crippen LogP contribution in [0, 0.1) is 0 Å². The fourth-order valence-corrected chi connectivity index (χ4v) is 4.37. The van der Waals surface area contributed by atoms with Gasteiger partial charge in [-0.15, -0.1) is 0 Å². The number of ether oxygens (including phenoxy) is 3. The average Bonchev–Trinajstić information content (AvgIpc) is 3.17. The highest BCUT2D eigenvalue weighted by Gasteiger charge is 2.35. The van der Waals surface area contributed by atoms with Gasteiger partial charge in [-0.05, 0) is 72.5 Å². The molecule has 0 amide bonds. The van der Waals surface area contributed by atoms with E-state index in [0.717, 1.165) is 39.2 Å². The smallest absolute Gasteiger partial charge is 0.130 e. The Morgan fingerprint density at radius 1 is 0.818 bits per heavy atom. The highest BCUT2D eigenvalue weighted by Crippen LogP contribution is 2.43. The molecule has 0 bridgehead atoms. The van der Waals surface area contributed by atoms with E-state index in [1.165, 1.54) is 11.1 Å². The van der Waals surface area contributed by atoms with Crippen LogP contribution in [0.25, 0.3) is 22.0 Å². The zero-order chi connectivity index (χ0) is 22.8. The molecule has 0 fully saturated rings. The monoisotopic (exact) mass is 437 g/mol. The minimum Gasteiger partial charge on any atom is -0.497 e. The van der Waals surface area contributed by atoms with Crippen LogP contribution < -0.4 is 9.47 Å². The van der Waals surface area contributed by atoms with Gasteiger partial charge in [-0.25, -0.2) is 4.98 Å². The summed E-state index contributed by atoms with van der Waals surface area (Å²) < 4.78 is 17.5. The predicted octanol–water partition coefficient (Wildman–Crippen LogP) is 6.54. The van der Waals surface area contributed by atoms with Crippen LogP contribution in [0.4, 0.5) is 0 Å². The van der Waals surface area contributed by atoms with E-state index in [2.05, 4.69) is 55.2 Å². The van der Waals surface area contributed by atoms with Crippen molar-refractivity contribution in [3.8, 4) is 11.5 Å². The molecule has 4 aromatic rings. The standard InChI is InChI=1S/C29H27NO3/c1-29(2)28(22-11-14-24(31-3)15-12-22)26(19-33-29)20-9-16-25(17-10-20)32-18-23-13-8-21-6-4-5-7-27(21)30-23/h4-17H,18-19H2,1-3H3. The van der Waals surface area contributed by atoms with Crippen molar-refractivity contribution in [2.75, 3.05) is 13.7 Å². The molecule has 33 heavy (non-hydrogen) atoms. The number of nitrogens with zero attached hydrogens (tertiary/aromatic N) is 1. The Hall–Kier alpha value is -3.63. The topological polar surface area (TPSA) is 40.6 Å². The van der Waals surface area contributed by atoms with Gasteiger partial charge in [0.2, 0.25) is 0 Å². The van der Waals surface area contributed by atoms with Crippen molar-refractivity contribution in [3.63, 3.8) is 0 Å². The van der Waals surface area contributed by atoms with Gasteiger partial charge in [-0.3, -0.25) is 0 Å². The zero-order valence-corrected chi connectivity index (χ0v) is 19.2. The second-order valence-electron chi connectivity index (χ2n) is 8.69. The summed E-state index contributed by atoms with van der Waals surface area (Å²) in [4.78, 5) is 4.68. The molecule has 4 heteroatoms. The van der Waals surface area contributed by atoms with Crippen LogP contribution in [0.2, 0.25) is 0 Å². The minimum atomic E-state index is -0.360. The third-order valence-electron chi connectivity index (χ3n) is 6.11. The molecule has 1 aliphatic rings. The Bertz CT molecular complexity index is 1310. The van der Waals surface area contributed by atoms with E-state index >= 15 is 0 Å². The highest BCUT2D eigenvalue weighted by atomic mass is 16.5. The fourth-order valence-electron chi connectivity index (χ4n) is 4.37. The lowest BCUT2D eigenvalue weighted by molar-refractivity contribution is 0.0655. The Morgan fingerprint density at radius 3 is 2.27 bits per heavy atom. The van der Waals surface area contributed by atoms with E-state index in [1.807, 2.05) is 48.5 Å². The molecule has 0 atom stereocenters. The zero-order valence-electron chi connectivity index (χ0n) is 19.2. The van der Waals surface area contributed by atoms with Crippen LogP contribution in [-0.2, 0) is 11.3 Å². The van der Waals surface area contributed by atoms with Crippen molar-refractivity contribution in [2.45, 2.75) is 26.1 Å². The third-order valence-corrected chi connectivity index (χ3v) is 6.11. The summed E-state index contributed by atoms with van der Waals surface area (Å²) in [5, 5.41) is 1.13. The molecule has 2 heterocycles. The van der Waals surface area contributed by atoms with E-state index < -0.39 is 0 Å². The number of rotatable bonds is 6. The summed E-state index contributed by atoms with van der Waals surface area (Å²) >= 11 is 0. The lowest BCUT2D eigenvalue weighted by atomic mass is 9.87. The maximum absolute atomic E-state index is 6.16. The van der Waals surface area contributed by atoms with Gasteiger partial charge >= 0.3 is 0 Å². The van der Waals surface area contributed by atoms with E-state index in [9.17, 15) is 0 Å². The van der Waals surface area contributed by atoms with Gasteiger partial charge in [0, 0.05) is 5.39 Å². The van der Waals surface area contributed by atoms with Crippen LogP contribution in [0.1, 0.15) is 30.7 Å². The summed E-state index contributed by atoms with van der Waals surface area (Å²) in [7, 11) is 1.68. The number of benzene rings is 3. The van der Waals surface area contributed by atoms with Gasteiger partial charge in [0.25, 0.3) is 0 Å². The fraction of sp³-hybridized carbons (Fsp3) is 0.207. The number of aromatic nitrogens is 1. The first-order chi connectivity index (χ1) is 16.0. The summed E-state index contributed by atoms with van der Waals surface area (Å²) in [6, 6.07) is 28.6. The lowest BCUT2D eigenvalue weighted by Gasteiger charge is -2.22. The number of hydrogen-bond donors (Lipinski definition) is 0. The second kappa shape index (κ2) is 8.72. The Balaban J connectivity index is 1.36. The molecule has 0 radical (unpaired) electrons. The Kier molecular flexibility index (Phi) is 5.61. The van der Waals surface area contributed by atoms with Crippen molar-refractivity contribution in [1.82, 2.24) is 4.98 Å². The number of fused-ring (bicyclic) bond motifs is 1. The number of methoxy groups -OCH3 is 1. The highest BCUT2D eigenvalue weighted by molar-refractivity contribution is 5.96. The van der Waals surface area contributed by atoms with Gasteiger partial charge in [0.1, 0.15) is 18.1 Å². The molecule has 0 unspecified atom stereocenters. The Morgan fingerprint density at radius 2 is 1.52 bits per heavy atom. The first-order valence-electron chi connectivity index (χ1n) is 11.1. The first-order valence-corrected chi connectivity index (χ1v) is 11.1. The maximum Gasteiger partial charge on any atom is 0.130 e. The van der Waals surface area contributed by atoms with Crippen molar-refractivity contribution in [1.29, 1.82) is 0 Å². The van der Waals surface area contributed by atoms with E-state index in [-0.39, 0.29) is 5.60 Å². The van der Waals surface area contributed by atoms with Crippen molar-refractivity contribution >= 4 is 22.0 Å². The van der Waals surface area contributed by atoms with E-state index in [4.69, 9.17) is 14.2 Å². The molecular formula is C29H27NO3. The van der Waals surface area contributed by atoms with Crippen LogP contribution >= 0.6 is 0 Å². The number of para-hydroxylation sites is 1. The molecule has 3 aromatic carbocycles. The van der Waals surface area contributed by atoms with Gasteiger partial charge in [-0.1, -0.05) is 48.5 Å². The van der Waals surface area contributed by atoms with Crippen molar-refractivity contribution in [2.24, 2.45) is 0 Å². The van der Waals surface area contributed by atoms with Gasteiger partial charge < -0.3 is 14.2 Å². The number of pyridine rings is 1. The van der Waals surface area contributed by atoms with Crippen molar-refractivity contribution < 1.29 is 14.2 Å². The molecule has 0 N–H and O–H groups in total. The molecular weight excluding hydrogens is 410 g/mol. The van der Waals surface area contributed by atoms with Gasteiger partial charge in [0.15, 0.2) is 0 Å². The molecule has 0 aliphatic carbocycles. The molecule has 0 saturated carbocycles. The van der Waals surface area contributed by atoms with Crippen LogP contribution in [0.3, 0.4) is 0 Å². The SMILES string of the molecule is COc1ccc(C2=C(c3ccc(OCc4ccc5ccccc5n4)cc3)COC2(C)C)cc1. The molecule has 0 spiro atoms. The molecule has 1 aromatic heterocycles. The maximum atomic E-state index is 6.16. The molecule has 5 rings (SSSR count). The molecule has 1 aliphatic heterocycles. The van der Waals surface area contributed by atoms with Crippen LogP contribution in [0.15, 0.2) is 84.9 Å². The van der Waals surface area contributed by atoms with Gasteiger partial charge in [-0.2, -0.15) is 0 Å². The first kappa shape index (κ1) is 21.2. The van der Waals surface area contributed by atoms with E-state index in [1.54, 1.807) is 7.11 Å². The predicted molar refractivity (Wildman–Crippen MR) is 132 cm³/mol. The third kappa shape index (κ3) is 4.35. The molecule has 0 saturated heterocycles. The number of hydrogen-bond acceptors (Lipinski definition) is 4.